The van der Waals surface area contributed by atoms with Crippen LogP contribution in [0.5, 0.6) is 0 Å². The maximum absolute atomic E-state index is 11.9. The molecule has 0 radical (unpaired) electrons. The molecule has 19 heavy (non-hydrogen) atoms. The molecule has 0 unspecified atom stereocenters. The smallest absolute Gasteiger partial charge is 0.311 e. The lowest BCUT2D eigenvalue weighted by atomic mass is 9.91. The van der Waals surface area contributed by atoms with Gasteiger partial charge in [0.05, 0.1) is 23.1 Å². The largest absolute Gasteiger partial charge is 0.469 e. The van der Waals surface area contributed by atoms with Crippen molar-refractivity contribution < 1.29 is 19.0 Å². The maximum atomic E-state index is 11.9. The number of alkyl halides is 2. The van der Waals surface area contributed by atoms with Crippen LogP contribution in [0.2, 0.25) is 0 Å². The van der Waals surface area contributed by atoms with E-state index < -0.39 is 27.4 Å². The first-order valence-corrected chi connectivity index (χ1v) is 6.90. The van der Waals surface area contributed by atoms with Crippen LogP contribution < -0.4 is 0 Å². The predicted octanol–water partition coefficient (Wildman–Crippen LogP) is 2.83. The van der Waals surface area contributed by atoms with E-state index >= 15 is 0 Å². The Balaban J connectivity index is 2.68. The summed E-state index contributed by atoms with van der Waals surface area (Å²) in [5, 5.41) is 0.186. The zero-order valence-corrected chi connectivity index (χ0v) is 13.5. The Labute approximate surface area is 130 Å². The number of carbonyl (C=O) groups excluding carboxylic acids is 1. The van der Waals surface area contributed by atoms with Gasteiger partial charge in [0.1, 0.15) is 4.87 Å². The Bertz CT molecular complexity index is 462. The summed E-state index contributed by atoms with van der Waals surface area (Å²) in [6.45, 7) is 0. The Hall–Kier alpha value is 0.290. The summed E-state index contributed by atoms with van der Waals surface area (Å²) in [6, 6.07) is 0. The van der Waals surface area contributed by atoms with Crippen molar-refractivity contribution in [3.05, 3.63) is 10.1 Å². The average molecular weight is 350 g/mol. The number of halogens is 4. The fourth-order valence-corrected chi connectivity index (χ4v) is 5.07. The summed E-state index contributed by atoms with van der Waals surface area (Å²) in [4.78, 5) is 9.09. The molecule has 1 saturated carbocycles. The van der Waals surface area contributed by atoms with Gasteiger partial charge in [-0.1, -0.05) is 23.2 Å². The van der Waals surface area contributed by atoms with Gasteiger partial charge in [-0.2, -0.15) is 0 Å². The molecule has 0 N–H and O–H groups in total. The topological polar surface area (TPSA) is 44.8 Å². The highest BCUT2D eigenvalue weighted by Crippen LogP contribution is 2.71. The Morgan fingerprint density at radius 1 is 1.16 bits per heavy atom. The van der Waals surface area contributed by atoms with Crippen LogP contribution >= 0.6 is 46.4 Å². The lowest BCUT2D eigenvalue weighted by Crippen LogP contribution is -2.57. The second kappa shape index (κ2) is 4.65. The van der Waals surface area contributed by atoms with Gasteiger partial charge < -0.3 is 14.2 Å². The van der Waals surface area contributed by atoms with Gasteiger partial charge in [-0.25, -0.2) is 0 Å². The number of carbonyl (C=O) groups is 1. The number of hydrogen-bond donors (Lipinski definition) is 0. The van der Waals surface area contributed by atoms with Crippen molar-refractivity contribution in [3.63, 3.8) is 0 Å². The molecule has 0 saturated heterocycles. The van der Waals surface area contributed by atoms with Gasteiger partial charge >= 0.3 is 5.97 Å². The molecule has 2 aliphatic rings. The van der Waals surface area contributed by atoms with Crippen LogP contribution in [0, 0.1) is 5.92 Å². The van der Waals surface area contributed by atoms with E-state index in [0.29, 0.717) is 0 Å². The summed E-state index contributed by atoms with van der Waals surface area (Å²) in [5.74, 6) is -2.89. The third kappa shape index (κ3) is 1.48. The van der Waals surface area contributed by atoms with Crippen LogP contribution in [0.1, 0.15) is 6.42 Å². The molecule has 2 rings (SSSR count). The zero-order valence-electron chi connectivity index (χ0n) is 10.4. The molecule has 8 heteroatoms. The number of methoxy groups -OCH3 is 3. The quantitative estimate of drug-likeness (QED) is 0.446. The van der Waals surface area contributed by atoms with E-state index in [-0.39, 0.29) is 16.5 Å². The van der Waals surface area contributed by atoms with Gasteiger partial charge in [0.15, 0.2) is 4.87 Å². The van der Waals surface area contributed by atoms with Crippen LogP contribution in [0.15, 0.2) is 10.1 Å². The Morgan fingerprint density at radius 2 is 1.68 bits per heavy atom. The maximum Gasteiger partial charge on any atom is 0.311 e. The van der Waals surface area contributed by atoms with E-state index in [1.54, 1.807) is 0 Å². The van der Waals surface area contributed by atoms with Gasteiger partial charge in [-0.15, -0.1) is 23.2 Å². The van der Waals surface area contributed by atoms with Crippen molar-refractivity contribution in [2.75, 3.05) is 21.3 Å². The minimum atomic E-state index is -1.53. The Morgan fingerprint density at radius 3 is 2.05 bits per heavy atom. The van der Waals surface area contributed by atoms with Crippen molar-refractivity contribution in [1.82, 2.24) is 0 Å². The standard InChI is InChI=1S/C11H12Cl4O4/c1-17-8(16)5-4-9(14)6(12)7(13)10(5,15)11(9,18-2)19-3/h5H,4H2,1-3H3/t5-,9-,10+/m1/s1. The van der Waals surface area contributed by atoms with Gasteiger partial charge in [0.25, 0.3) is 0 Å². The number of hydrogen-bond acceptors (Lipinski definition) is 4. The van der Waals surface area contributed by atoms with E-state index in [1.807, 2.05) is 0 Å². The van der Waals surface area contributed by atoms with E-state index in [1.165, 1.54) is 21.3 Å². The third-order valence-corrected chi connectivity index (χ3v) is 6.47. The molecule has 3 atom stereocenters. The van der Waals surface area contributed by atoms with E-state index in [2.05, 4.69) is 0 Å². The van der Waals surface area contributed by atoms with Gasteiger partial charge in [0, 0.05) is 14.2 Å². The van der Waals surface area contributed by atoms with Gasteiger partial charge in [0.2, 0.25) is 5.79 Å². The molecule has 0 aromatic rings. The van der Waals surface area contributed by atoms with Crippen molar-refractivity contribution >= 4 is 52.4 Å². The highest BCUT2D eigenvalue weighted by molar-refractivity contribution is 6.52. The highest BCUT2D eigenvalue weighted by Gasteiger charge is 2.82. The molecule has 0 aromatic heterocycles. The molecule has 0 heterocycles. The van der Waals surface area contributed by atoms with Crippen LogP contribution in [0.25, 0.3) is 0 Å². The fraction of sp³-hybridized carbons (Fsp3) is 0.727. The summed E-state index contributed by atoms with van der Waals surface area (Å²) >= 11 is 25.5. The molecule has 2 aliphatic carbocycles. The molecule has 1 fully saturated rings. The van der Waals surface area contributed by atoms with Gasteiger partial charge in [-0.3, -0.25) is 4.79 Å². The van der Waals surface area contributed by atoms with Crippen LogP contribution in [0.4, 0.5) is 0 Å². The SMILES string of the molecule is COC(=O)[C@H]1C[C@@]2(Cl)C(Cl)=C(Cl)[C@]1(Cl)C2(OC)OC. The molecule has 108 valence electrons. The van der Waals surface area contributed by atoms with Crippen molar-refractivity contribution in [2.45, 2.75) is 22.0 Å². The lowest BCUT2D eigenvalue weighted by Gasteiger charge is -2.40. The van der Waals surface area contributed by atoms with Crippen molar-refractivity contribution in [2.24, 2.45) is 5.92 Å². The summed E-state index contributed by atoms with van der Waals surface area (Å²) in [5.41, 5.74) is 0. The van der Waals surface area contributed by atoms with Crippen LogP contribution in [-0.4, -0.2) is 42.8 Å². The molecule has 4 nitrogen and oxygen atoms in total. The van der Waals surface area contributed by atoms with Gasteiger partial charge in [-0.05, 0) is 6.42 Å². The number of fused-ring (bicyclic) bond motifs is 2. The number of ether oxygens (including phenoxy) is 3. The summed E-state index contributed by atoms with van der Waals surface area (Å²) in [6.07, 6.45) is 0.113. The second-order valence-corrected chi connectivity index (χ2v) is 6.44. The molecular formula is C11H12Cl4O4. The number of esters is 1. The van der Waals surface area contributed by atoms with Crippen molar-refractivity contribution in [1.29, 1.82) is 0 Å². The molecule has 0 spiro atoms. The first-order valence-electron chi connectivity index (χ1n) is 5.39. The van der Waals surface area contributed by atoms with Crippen LogP contribution in [0.3, 0.4) is 0 Å². The minimum absolute atomic E-state index is 0.0520. The highest BCUT2D eigenvalue weighted by atomic mass is 35.5. The lowest BCUT2D eigenvalue weighted by molar-refractivity contribution is -0.219. The predicted molar refractivity (Wildman–Crippen MR) is 72.8 cm³/mol. The summed E-state index contributed by atoms with van der Waals surface area (Å²) < 4.78 is 15.5. The monoisotopic (exact) mass is 348 g/mol. The van der Waals surface area contributed by atoms with E-state index in [4.69, 9.17) is 60.6 Å². The number of rotatable bonds is 3. The zero-order chi connectivity index (χ0) is 14.6. The van der Waals surface area contributed by atoms with E-state index in [9.17, 15) is 4.79 Å². The Kier molecular flexibility index (Phi) is 3.84. The third-order valence-electron chi connectivity index (χ3n) is 3.89. The molecule has 2 bridgehead atoms. The normalized spacial score (nSPS) is 39.8. The van der Waals surface area contributed by atoms with E-state index in [0.717, 1.165) is 0 Å². The molecule has 0 amide bonds. The first-order chi connectivity index (χ1) is 8.76. The minimum Gasteiger partial charge on any atom is -0.469 e. The first kappa shape index (κ1) is 15.7. The fourth-order valence-electron chi connectivity index (χ4n) is 3.03. The van der Waals surface area contributed by atoms with Crippen molar-refractivity contribution in [3.8, 4) is 0 Å². The second-order valence-electron chi connectivity index (χ2n) is 4.45. The molecular weight excluding hydrogens is 338 g/mol. The molecule has 0 aliphatic heterocycles. The summed E-state index contributed by atoms with van der Waals surface area (Å²) in [7, 11) is 4.00. The van der Waals surface area contributed by atoms with Crippen LogP contribution in [-0.2, 0) is 19.0 Å². The molecule has 0 aromatic carbocycles. The average Bonchev–Trinajstić information content (AvgIpc) is 2.69.